The molecule has 1 heterocycles. The van der Waals surface area contributed by atoms with E-state index in [1.165, 1.54) is 0 Å². The zero-order chi connectivity index (χ0) is 24.3. The van der Waals surface area contributed by atoms with E-state index in [-0.39, 0.29) is 5.91 Å². The van der Waals surface area contributed by atoms with Crippen LogP contribution in [0.2, 0.25) is 0 Å². The van der Waals surface area contributed by atoms with E-state index in [2.05, 4.69) is 22.1 Å². The van der Waals surface area contributed by atoms with Crippen LogP contribution in [-0.2, 0) is 5.60 Å². The molecular formula is C27H34N4O3. The monoisotopic (exact) mass is 462 g/mol. The Morgan fingerprint density at radius 3 is 2.41 bits per heavy atom. The molecule has 2 aromatic rings. The first kappa shape index (κ1) is 24.0. The van der Waals surface area contributed by atoms with Crippen LogP contribution in [0.4, 0.5) is 0 Å². The molecule has 2 aromatic carbocycles. The molecule has 0 bridgehead atoms. The number of primary amides is 1. The maximum atomic E-state index is 12.3. The summed E-state index contributed by atoms with van der Waals surface area (Å²) >= 11 is 0. The summed E-state index contributed by atoms with van der Waals surface area (Å²) in [4.78, 5) is 26.0. The second kappa shape index (κ2) is 9.99. The summed E-state index contributed by atoms with van der Waals surface area (Å²) in [5.74, 6) is -0.555. The Bertz CT molecular complexity index is 1050. The van der Waals surface area contributed by atoms with Crippen molar-refractivity contribution in [2.75, 3.05) is 19.6 Å². The van der Waals surface area contributed by atoms with Gasteiger partial charge in [0, 0.05) is 36.0 Å². The lowest BCUT2D eigenvalue weighted by Gasteiger charge is -2.48. The van der Waals surface area contributed by atoms with Gasteiger partial charge < -0.3 is 21.5 Å². The Morgan fingerprint density at radius 2 is 1.79 bits per heavy atom. The fourth-order valence-electron chi connectivity index (χ4n) is 5.00. The molecule has 7 nitrogen and oxygen atoms in total. The molecule has 1 saturated carbocycles. The largest absolute Gasteiger partial charge is 0.385 e. The molecule has 1 saturated heterocycles. The van der Waals surface area contributed by atoms with E-state index < -0.39 is 11.5 Å². The predicted molar refractivity (Wildman–Crippen MR) is 132 cm³/mol. The first-order valence-corrected chi connectivity index (χ1v) is 11.9. The summed E-state index contributed by atoms with van der Waals surface area (Å²) < 4.78 is 0. The fourth-order valence-corrected chi connectivity index (χ4v) is 5.00. The topological polar surface area (TPSA) is 108 Å². The average Bonchev–Trinajstić information content (AvgIpc) is 2.80. The number of rotatable bonds is 8. The number of aryl methyl sites for hydroxylation is 1. The highest BCUT2D eigenvalue weighted by molar-refractivity contribution is 5.94. The van der Waals surface area contributed by atoms with Gasteiger partial charge in [-0.3, -0.25) is 14.5 Å². The minimum atomic E-state index is -0.848. The van der Waals surface area contributed by atoms with Crippen molar-refractivity contribution in [2.45, 2.75) is 50.3 Å². The van der Waals surface area contributed by atoms with Crippen molar-refractivity contribution in [1.29, 1.82) is 0 Å². The van der Waals surface area contributed by atoms with E-state index >= 15 is 0 Å². The lowest BCUT2D eigenvalue weighted by molar-refractivity contribution is -0.0396. The number of likely N-dealkylation sites (tertiary alicyclic amines) is 1. The van der Waals surface area contributed by atoms with E-state index in [1.807, 2.05) is 43.3 Å². The summed E-state index contributed by atoms with van der Waals surface area (Å²) in [6, 6.07) is 15.3. The van der Waals surface area contributed by atoms with Gasteiger partial charge in [-0.05, 0) is 62.4 Å². The molecule has 0 atom stereocenters. The van der Waals surface area contributed by atoms with Gasteiger partial charge in [-0.2, -0.15) is 0 Å². The summed E-state index contributed by atoms with van der Waals surface area (Å²) in [6.07, 6.45) is 3.24. The number of nitrogens with two attached hydrogens (primary N) is 1. The predicted octanol–water partition coefficient (Wildman–Crippen LogP) is 2.44. The third kappa shape index (κ3) is 5.48. The van der Waals surface area contributed by atoms with E-state index in [0.29, 0.717) is 42.6 Å². The Morgan fingerprint density at radius 1 is 1.12 bits per heavy atom. The van der Waals surface area contributed by atoms with Crippen LogP contribution in [0.25, 0.3) is 0 Å². The highest BCUT2D eigenvalue weighted by atomic mass is 16.3. The number of amides is 2. The maximum absolute atomic E-state index is 12.3. The van der Waals surface area contributed by atoms with E-state index in [9.17, 15) is 14.7 Å². The van der Waals surface area contributed by atoms with Gasteiger partial charge in [0.05, 0.1) is 18.2 Å². The SMILES string of the molecule is C=C(CNC(=O)c1cccc(C)c1)NC1CN(C2CCC(O)(c3ccc(C(N)=O)cc3)CC2)C1. The molecular weight excluding hydrogens is 428 g/mol. The molecule has 180 valence electrons. The Hall–Kier alpha value is -3.16. The molecule has 0 spiro atoms. The number of nitrogens with zero attached hydrogens (tertiary/aromatic N) is 1. The Balaban J connectivity index is 1.18. The molecule has 1 aliphatic heterocycles. The normalized spacial score (nSPS) is 23.1. The highest BCUT2D eigenvalue weighted by Crippen LogP contribution is 2.39. The van der Waals surface area contributed by atoms with Crippen LogP contribution in [0.1, 0.15) is 57.5 Å². The van der Waals surface area contributed by atoms with Crippen molar-refractivity contribution in [3.05, 3.63) is 83.1 Å². The van der Waals surface area contributed by atoms with Crippen molar-refractivity contribution < 1.29 is 14.7 Å². The van der Waals surface area contributed by atoms with Crippen LogP contribution in [0.15, 0.2) is 60.8 Å². The van der Waals surface area contributed by atoms with Crippen molar-refractivity contribution in [3.63, 3.8) is 0 Å². The average molecular weight is 463 g/mol. The van der Waals surface area contributed by atoms with Crippen LogP contribution < -0.4 is 16.4 Å². The van der Waals surface area contributed by atoms with E-state index in [0.717, 1.165) is 42.8 Å². The summed E-state index contributed by atoms with van der Waals surface area (Å²) in [5.41, 5.74) is 8.29. The van der Waals surface area contributed by atoms with Crippen molar-refractivity contribution in [1.82, 2.24) is 15.5 Å². The molecule has 0 aromatic heterocycles. The Labute approximate surface area is 201 Å². The standard InChI is InChI=1S/C27H34N4O3/c1-18-4-3-5-21(14-18)26(33)29-15-19(2)30-23-16-31(17-23)24-10-12-27(34,13-11-24)22-8-6-20(7-9-22)25(28)32/h3-9,14,23-24,30,34H,2,10-13,15-17H2,1H3,(H2,28,32)(H,29,33). The molecule has 5 N–H and O–H groups in total. The van der Waals surface area contributed by atoms with Crippen LogP contribution in [0.3, 0.4) is 0 Å². The number of hydrogen-bond acceptors (Lipinski definition) is 5. The van der Waals surface area contributed by atoms with Crippen molar-refractivity contribution in [3.8, 4) is 0 Å². The molecule has 4 rings (SSSR count). The van der Waals surface area contributed by atoms with Gasteiger partial charge in [-0.1, -0.05) is 36.4 Å². The first-order valence-electron chi connectivity index (χ1n) is 11.9. The quantitative estimate of drug-likeness (QED) is 0.482. The van der Waals surface area contributed by atoms with Gasteiger partial charge in [0.15, 0.2) is 0 Å². The molecule has 7 heteroatoms. The highest BCUT2D eigenvalue weighted by Gasteiger charge is 2.40. The molecule has 34 heavy (non-hydrogen) atoms. The van der Waals surface area contributed by atoms with Gasteiger partial charge in [-0.15, -0.1) is 0 Å². The minimum absolute atomic E-state index is 0.0964. The zero-order valence-electron chi connectivity index (χ0n) is 19.7. The number of carbonyl (C=O) groups excluding carboxylic acids is 2. The van der Waals surface area contributed by atoms with Crippen LogP contribution >= 0.6 is 0 Å². The number of carbonyl (C=O) groups is 2. The number of aliphatic hydroxyl groups is 1. The van der Waals surface area contributed by atoms with Crippen LogP contribution in [0, 0.1) is 6.92 Å². The third-order valence-corrected chi connectivity index (χ3v) is 7.07. The molecule has 0 unspecified atom stereocenters. The van der Waals surface area contributed by atoms with Crippen molar-refractivity contribution >= 4 is 11.8 Å². The van der Waals surface area contributed by atoms with Crippen molar-refractivity contribution in [2.24, 2.45) is 5.73 Å². The fraction of sp³-hybridized carbons (Fsp3) is 0.407. The van der Waals surface area contributed by atoms with Gasteiger partial charge in [0.25, 0.3) is 5.91 Å². The van der Waals surface area contributed by atoms with E-state index in [4.69, 9.17) is 5.73 Å². The summed E-state index contributed by atoms with van der Waals surface area (Å²) in [7, 11) is 0. The molecule has 2 fully saturated rings. The number of benzene rings is 2. The first-order chi connectivity index (χ1) is 16.2. The molecule has 0 radical (unpaired) electrons. The smallest absolute Gasteiger partial charge is 0.251 e. The number of hydrogen-bond donors (Lipinski definition) is 4. The molecule has 2 amide bonds. The van der Waals surface area contributed by atoms with Gasteiger partial charge in [0.2, 0.25) is 5.91 Å². The lowest BCUT2D eigenvalue weighted by atomic mass is 9.76. The van der Waals surface area contributed by atoms with Gasteiger partial charge >= 0.3 is 0 Å². The second-order valence-corrected chi connectivity index (χ2v) is 9.66. The second-order valence-electron chi connectivity index (χ2n) is 9.66. The van der Waals surface area contributed by atoms with Gasteiger partial charge in [-0.25, -0.2) is 0 Å². The van der Waals surface area contributed by atoms with Crippen LogP contribution in [0.5, 0.6) is 0 Å². The lowest BCUT2D eigenvalue weighted by Crippen LogP contribution is -2.62. The van der Waals surface area contributed by atoms with Gasteiger partial charge in [0.1, 0.15) is 0 Å². The zero-order valence-corrected chi connectivity index (χ0v) is 19.7. The van der Waals surface area contributed by atoms with Crippen LogP contribution in [-0.4, -0.2) is 53.5 Å². The molecule has 2 aliphatic rings. The minimum Gasteiger partial charge on any atom is -0.385 e. The summed E-state index contributed by atoms with van der Waals surface area (Å²) in [6.45, 7) is 8.29. The maximum Gasteiger partial charge on any atom is 0.251 e. The Kier molecular flexibility index (Phi) is 7.05. The third-order valence-electron chi connectivity index (χ3n) is 7.07. The van der Waals surface area contributed by atoms with E-state index in [1.54, 1.807) is 12.1 Å². The summed E-state index contributed by atoms with van der Waals surface area (Å²) in [5, 5.41) is 17.5. The molecule has 1 aliphatic carbocycles. The number of nitrogens with one attached hydrogen (secondary N) is 2.